The number of anilines is 1. The molecule has 1 aromatic heterocycles. The molecule has 3 aromatic rings. The fourth-order valence-electron chi connectivity index (χ4n) is 3.82. The Bertz CT molecular complexity index is 1060. The summed E-state index contributed by atoms with van der Waals surface area (Å²) in [4.78, 5) is 28.2. The van der Waals surface area contributed by atoms with Gasteiger partial charge in [-0.1, -0.05) is 48.0 Å². The molecule has 2 aromatic carbocycles. The number of nitrogens with one attached hydrogen (secondary N) is 2. The number of carbonyl (C=O) groups is 2. The lowest BCUT2D eigenvalue weighted by Crippen LogP contribution is -2.37. The molecular weight excluding hydrogens is 430 g/mol. The average molecular weight is 454 g/mol. The summed E-state index contributed by atoms with van der Waals surface area (Å²) >= 11 is 7.59. The third kappa shape index (κ3) is 5.15. The molecule has 1 aliphatic heterocycles. The molecule has 0 spiro atoms. The van der Waals surface area contributed by atoms with E-state index in [1.165, 1.54) is 16.9 Å². The molecule has 2 heterocycles. The number of carbonyl (C=O) groups excluding carboxylic acids is 2. The van der Waals surface area contributed by atoms with Gasteiger partial charge in [0.1, 0.15) is 0 Å². The highest BCUT2D eigenvalue weighted by Crippen LogP contribution is 2.26. The first-order chi connectivity index (χ1) is 15.0. The number of benzene rings is 2. The predicted octanol–water partition coefficient (Wildman–Crippen LogP) is 5.22. The van der Waals surface area contributed by atoms with Crippen LogP contribution in [-0.4, -0.2) is 35.8 Å². The van der Waals surface area contributed by atoms with Gasteiger partial charge in [-0.15, -0.1) is 11.3 Å². The third-order valence-electron chi connectivity index (χ3n) is 5.61. The maximum Gasteiger partial charge on any atom is 0.265 e. The number of amides is 2. The summed E-state index contributed by atoms with van der Waals surface area (Å²) < 4.78 is 0. The molecule has 2 unspecified atom stereocenters. The molecule has 1 aliphatic rings. The van der Waals surface area contributed by atoms with E-state index >= 15 is 0 Å². The van der Waals surface area contributed by atoms with E-state index in [1.54, 1.807) is 24.3 Å². The molecule has 31 heavy (non-hydrogen) atoms. The molecule has 2 atom stereocenters. The number of thiophene rings is 1. The Hall–Kier alpha value is -2.67. The maximum atomic E-state index is 12.8. The van der Waals surface area contributed by atoms with Crippen LogP contribution in [0.3, 0.4) is 0 Å². The zero-order valence-electron chi connectivity index (χ0n) is 17.2. The number of hydrogen-bond donors (Lipinski definition) is 2. The van der Waals surface area contributed by atoms with Crippen LogP contribution >= 0.6 is 22.9 Å². The Morgan fingerprint density at radius 1 is 1.10 bits per heavy atom. The van der Waals surface area contributed by atoms with Gasteiger partial charge in [0, 0.05) is 30.7 Å². The molecule has 4 rings (SSSR count). The van der Waals surface area contributed by atoms with E-state index in [4.69, 9.17) is 11.6 Å². The number of halogens is 1. The van der Waals surface area contributed by atoms with E-state index in [-0.39, 0.29) is 17.9 Å². The lowest BCUT2D eigenvalue weighted by Gasteiger charge is -2.24. The van der Waals surface area contributed by atoms with Gasteiger partial charge < -0.3 is 10.6 Å². The van der Waals surface area contributed by atoms with Crippen LogP contribution in [0.1, 0.15) is 45.0 Å². The van der Waals surface area contributed by atoms with E-state index in [1.807, 2.05) is 17.5 Å². The molecule has 0 aliphatic carbocycles. The first kappa shape index (κ1) is 21.6. The molecule has 5 nitrogen and oxygen atoms in total. The Balaban J connectivity index is 1.38. The van der Waals surface area contributed by atoms with Crippen LogP contribution in [0.2, 0.25) is 5.02 Å². The number of hydrogen-bond acceptors (Lipinski definition) is 4. The van der Waals surface area contributed by atoms with E-state index in [0.29, 0.717) is 27.2 Å². The van der Waals surface area contributed by atoms with Gasteiger partial charge in [0.2, 0.25) is 0 Å². The molecule has 1 saturated heterocycles. The minimum atomic E-state index is -0.240. The number of rotatable bonds is 6. The first-order valence-corrected chi connectivity index (χ1v) is 11.5. The van der Waals surface area contributed by atoms with Gasteiger partial charge in [0.15, 0.2) is 0 Å². The lowest BCUT2D eigenvalue weighted by atomic mass is 10.1. The van der Waals surface area contributed by atoms with E-state index in [0.717, 1.165) is 19.5 Å². The Kier molecular flexibility index (Phi) is 6.70. The summed E-state index contributed by atoms with van der Waals surface area (Å²) in [6, 6.07) is 19.3. The van der Waals surface area contributed by atoms with Crippen molar-refractivity contribution in [3.8, 4) is 0 Å². The minimum Gasteiger partial charge on any atom is -0.348 e. The lowest BCUT2D eigenvalue weighted by molar-refractivity contribution is 0.0935. The van der Waals surface area contributed by atoms with Crippen molar-refractivity contribution in [2.75, 3.05) is 18.4 Å². The molecule has 160 valence electrons. The molecule has 0 radical (unpaired) electrons. The largest absolute Gasteiger partial charge is 0.348 e. The van der Waals surface area contributed by atoms with E-state index < -0.39 is 0 Å². The van der Waals surface area contributed by atoms with Gasteiger partial charge in [0.05, 0.1) is 15.6 Å². The first-order valence-electron chi connectivity index (χ1n) is 10.3. The number of likely N-dealkylation sites (tertiary alicyclic amines) is 1. The number of nitrogens with zero attached hydrogens (tertiary/aromatic N) is 1. The highest BCUT2D eigenvalue weighted by atomic mass is 35.5. The van der Waals surface area contributed by atoms with Gasteiger partial charge in [-0.05, 0) is 48.6 Å². The van der Waals surface area contributed by atoms with Crippen molar-refractivity contribution >= 4 is 40.4 Å². The Labute approximate surface area is 191 Å². The van der Waals surface area contributed by atoms with Crippen LogP contribution in [0, 0.1) is 0 Å². The molecule has 2 N–H and O–H groups in total. The van der Waals surface area contributed by atoms with Crippen LogP contribution in [0.15, 0.2) is 66.0 Å². The second-order valence-electron chi connectivity index (χ2n) is 7.67. The Morgan fingerprint density at radius 3 is 2.65 bits per heavy atom. The molecular formula is C24H24ClN3O2S. The summed E-state index contributed by atoms with van der Waals surface area (Å²) in [5.41, 5.74) is 2.18. The van der Waals surface area contributed by atoms with Crippen molar-refractivity contribution in [3.05, 3.63) is 87.1 Å². The molecule has 7 heteroatoms. The standard InChI is InChI=1S/C24H24ClN3O2S/c1-16(17-6-3-2-4-7-17)28-12-11-19(15-28)26-23(29)18-9-10-20(25)21(14-18)27-24(30)22-8-5-13-31-22/h2-10,13-14,16,19H,11-12,15H2,1H3,(H,26,29)(H,27,30). The van der Waals surface area contributed by atoms with Crippen LogP contribution in [-0.2, 0) is 0 Å². The zero-order valence-corrected chi connectivity index (χ0v) is 18.7. The van der Waals surface area contributed by atoms with Gasteiger partial charge >= 0.3 is 0 Å². The van der Waals surface area contributed by atoms with Crippen molar-refractivity contribution in [1.29, 1.82) is 0 Å². The summed E-state index contributed by atoms with van der Waals surface area (Å²) in [5.74, 6) is -0.404. The van der Waals surface area contributed by atoms with E-state index in [9.17, 15) is 9.59 Å². The van der Waals surface area contributed by atoms with Crippen molar-refractivity contribution in [1.82, 2.24) is 10.2 Å². The summed E-state index contributed by atoms with van der Waals surface area (Å²) in [6.45, 7) is 3.93. The van der Waals surface area contributed by atoms with Crippen molar-refractivity contribution in [2.45, 2.75) is 25.4 Å². The van der Waals surface area contributed by atoms with Crippen LogP contribution in [0.5, 0.6) is 0 Å². The second-order valence-corrected chi connectivity index (χ2v) is 9.02. The fourth-order valence-corrected chi connectivity index (χ4v) is 4.61. The van der Waals surface area contributed by atoms with Crippen molar-refractivity contribution in [2.24, 2.45) is 0 Å². The van der Waals surface area contributed by atoms with Gasteiger partial charge in [-0.3, -0.25) is 14.5 Å². The normalized spacial score (nSPS) is 17.3. The molecule has 1 fully saturated rings. The zero-order chi connectivity index (χ0) is 21.8. The smallest absolute Gasteiger partial charge is 0.265 e. The highest BCUT2D eigenvalue weighted by molar-refractivity contribution is 7.12. The quantitative estimate of drug-likeness (QED) is 0.538. The summed E-state index contributed by atoms with van der Waals surface area (Å²) in [7, 11) is 0. The molecule has 0 saturated carbocycles. The second kappa shape index (κ2) is 9.64. The SMILES string of the molecule is CC(c1ccccc1)N1CCC(NC(=O)c2ccc(Cl)c(NC(=O)c3cccs3)c2)C1. The highest BCUT2D eigenvalue weighted by Gasteiger charge is 2.28. The van der Waals surface area contributed by atoms with Crippen molar-refractivity contribution < 1.29 is 9.59 Å². The summed E-state index contributed by atoms with van der Waals surface area (Å²) in [5, 5.41) is 8.15. The van der Waals surface area contributed by atoms with Gasteiger partial charge in [-0.25, -0.2) is 0 Å². The van der Waals surface area contributed by atoms with Crippen molar-refractivity contribution in [3.63, 3.8) is 0 Å². The van der Waals surface area contributed by atoms with Crippen LogP contribution in [0.25, 0.3) is 0 Å². The minimum absolute atomic E-state index is 0.0819. The topological polar surface area (TPSA) is 61.4 Å². The van der Waals surface area contributed by atoms with Gasteiger partial charge in [0.25, 0.3) is 11.8 Å². The third-order valence-corrected chi connectivity index (χ3v) is 6.80. The molecule has 0 bridgehead atoms. The summed E-state index contributed by atoms with van der Waals surface area (Å²) in [6.07, 6.45) is 0.901. The van der Waals surface area contributed by atoms with Crippen LogP contribution in [0.4, 0.5) is 5.69 Å². The maximum absolute atomic E-state index is 12.8. The van der Waals surface area contributed by atoms with Crippen LogP contribution < -0.4 is 10.6 Å². The fraction of sp³-hybridized carbons (Fsp3) is 0.250. The monoisotopic (exact) mass is 453 g/mol. The predicted molar refractivity (Wildman–Crippen MR) is 126 cm³/mol. The Morgan fingerprint density at radius 2 is 1.90 bits per heavy atom. The molecule has 2 amide bonds. The van der Waals surface area contributed by atoms with Gasteiger partial charge in [-0.2, -0.15) is 0 Å². The average Bonchev–Trinajstić information content (AvgIpc) is 3.48. The van der Waals surface area contributed by atoms with E-state index in [2.05, 4.69) is 46.7 Å².